The largest absolute Gasteiger partial charge is 0.330 e. The lowest BCUT2D eigenvalue weighted by atomic mass is 9.63. The van der Waals surface area contributed by atoms with Gasteiger partial charge in [-0.05, 0) is 60.9 Å². The normalized spacial score (nSPS) is 21.6. The Morgan fingerprint density at radius 1 is 1.19 bits per heavy atom. The zero-order valence-corrected chi connectivity index (χ0v) is 11.1. The quantitative estimate of drug-likeness (QED) is 0.883. The maximum Gasteiger partial charge on any atom is 0.0181 e. The predicted octanol–water partition coefficient (Wildman–Crippen LogP) is 3.32. The number of benzene rings is 1. The smallest absolute Gasteiger partial charge is 0.0181 e. The fraction of sp³-hybridized carbons (Fsp3) is 0.571. The number of hydrogen-bond donors (Lipinski definition) is 1. The van der Waals surface area contributed by atoms with Crippen molar-refractivity contribution in [3.8, 4) is 0 Å². The fourth-order valence-electron chi connectivity index (χ4n) is 3.33. The Bertz CT molecular complexity index is 415. The number of rotatable bonds is 2. The molecule has 0 aromatic heterocycles. The minimum Gasteiger partial charge on any atom is -0.330 e. The summed E-state index contributed by atoms with van der Waals surface area (Å²) in [6.45, 7) is 0.815. The first-order valence-electron chi connectivity index (χ1n) is 6.27. The summed E-state index contributed by atoms with van der Waals surface area (Å²) in [7, 11) is 0. The van der Waals surface area contributed by atoms with E-state index in [1.54, 1.807) is 16.7 Å². The van der Waals surface area contributed by atoms with Gasteiger partial charge < -0.3 is 5.73 Å². The summed E-state index contributed by atoms with van der Waals surface area (Å²) in [4.78, 5) is 0. The van der Waals surface area contributed by atoms with Crippen molar-refractivity contribution in [3.05, 3.63) is 33.3 Å². The van der Waals surface area contributed by atoms with Crippen LogP contribution in [0.2, 0.25) is 0 Å². The Morgan fingerprint density at radius 3 is 2.62 bits per heavy atom. The van der Waals surface area contributed by atoms with Crippen LogP contribution in [0.4, 0.5) is 0 Å². The van der Waals surface area contributed by atoms with Gasteiger partial charge in [0, 0.05) is 16.4 Å². The molecule has 86 valence electrons. The third-order valence-corrected chi connectivity index (χ3v) is 4.91. The van der Waals surface area contributed by atoms with Crippen molar-refractivity contribution < 1.29 is 0 Å². The third-order valence-electron chi connectivity index (χ3n) is 4.45. The fourth-order valence-corrected chi connectivity index (χ4v) is 3.83. The van der Waals surface area contributed by atoms with Crippen LogP contribution in [0.1, 0.15) is 42.4 Å². The minimum absolute atomic E-state index is 0.318. The van der Waals surface area contributed by atoms with Crippen molar-refractivity contribution >= 4 is 15.9 Å². The topological polar surface area (TPSA) is 26.0 Å². The van der Waals surface area contributed by atoms with Gasteiger partial charge in [-0.15, -0.1) is 0 Å². The monoisotopic (exact) mass is 279 g/mol. The number of hydrogen-bond acceptors (Lipinski definition) is 1. The first kappa shape index (κ1) is 10.8. The van der Waals surface area contributed by atoms with E-state index in [1.807, 2.05) is 0 Å². The van der Waals surface area contributed by atoms with Gasteiger partial charge in [0.1, 0.15) is 0 Å². The van der Waals surface area contributed by atoms with Gasteiger partial charge in [-0.3, -0.25) is 0 Å². The Kier molecular flexibility index (Phi) is 2.60. The van der Waals surface area contributed by atoms with Gasteiger partial charge in [0.05, 0.1) is 0 Å². The van der Waals surface area contributed by atoms with Crippen LogP contribution >= 0.6 is 15.9 Å². The molecule has 0 bridgehead atoms. The average Bonchev–Trinajstić information content (AvgIpc) is 2.64. The number of fused-ring (bicyclic) bond motifs is 1. The second-order valence-corrected chi connectivity index (χ2v) is 6.20. The van der Waals surface area contributed by atoms with Crippen LogP contribution in [-0.2, 0) is 18.3 Å². The summed E-state index contributed by atoms with van der Waals surface area (Å²) >= 11 is 3.65. The number of aryl methyl sites for hydroxylation is 1. The van der Waals surface area contributed by atoms with Gasteiger partial charge >= 0.3 is 0 Å². The zero-order chi connectivity index (χ0) is 11.2. The molecular formula is C14H18BrN. The summed E-state index contributed by atoms with van der Waals surface area (Å²) in [6, 6.07) is 4.63. The Labute approximate surface area is 106 Å². The molecule has 2 aliphatic carbocycles. The van der Waals surface area contributed by atoms with E-state index in [0.717, 1.165) is 6.54 Å². The lowest BCUT2D eigenvalue weighted by molar-refractivity contribution is 0.251. The van der Waals surface area contributed by atoms with Crippen molar-refractivity contribution in [1.82, 2.24) is 0 Å². The van der Waals surface area contributed by atoms with E-state index in [4.69, 9.17) is 5.73 Å². The highest BCUT2D eigenvalue weighted by Gasteiger charge is 2.39. The molecule has 1 saturated carbocycles. The first-order valence-corrected chi connectivity index (χ1v) is 7.06. The zero-order valence-electron chi connectivity index (χ0n) is 9.56. The molecule has 3 rings (SSSR count). The molecule has 2 aliphatic rings. The molecule has 0 saturated heterocycles. The van der Waals surface area contributed by atoms with E-state index in [9.17, 15) is 0 Å². The molecule has 1 fully saturated rings. The van der Waals surface area contributed by atoms with E-state index < -0.39 is 0 Å². The summed E-state index contributed by atoms with van der Waals surface area (Å²) in [6.07, 6.45) is 7.75. The molecule has 1 nitrogen and oxygen atoms in total. The summed E-state index contributed by atoms with van der Waals surface area (Å²) in [5.41, 5.74) is 11.1. The molecule has 0 heterocycles. The molecule has 1 aromatic rings. The van der Waals surface area contributed by atoms with Crippen LogP contribution in [-0.4, -0.2) is 6.54 Å². The van der Waals surface area contributed by atoms with Crippen molar-refractivity contribution in [2.24, 2.45) is 5.73 Å². The maximum atomic E-state index is 6.03. The standard InChI is InChI=1S/C14H18BrN/c15-11-7-10-3-1-4-12(10)13(8-11)14(9-16)5-2-6-14/h7-8H,1-6,9,16H2. The second-order valence-electron chi connectivity index (χ2n) is 5.28. The molecule has 0 unspecified atom stereocenters. The van der Waals surface area contributed by atoms with Crippen molar-refractivity contribution in [2.45, 2.75) is 43.9 Å². The first-order chi connectivity index (χ1) is 7.75. The Balaban J connectivity index is 2.13. The van der Waals surface area contributed by atoms with E-state index in [-0.39, 0.29) is 0 Å². The van der Waals surface area contributed by atoms with E-state index in [0.29, 0.717) is 5.41 Å². The van der Waals surface area contributed by atoms with Crippen LogP contribution in [0.3, 0.4) is 0 Å². The van der Waals surface area contributed by atoms with E-state index >= 15 is 0 Å². The highest BCUT2D eigenvalue weighted by Crippen LogP contribution is 2.47. The van der Waals surface area contributed by atoms with Crippen LogP contribution in [0.15, 0.2) is 16.6 Å². The predicted molar refractivity (Wildman–Crippen MR) is 70.8 cm³/mol. The van der Waals surface area contributed by atoms with Crippen LogP contribution in [0.25, 0.3) is 0 Å². The molecule has 0 amide bonds. The lowest BCUT2D eigenvalue weighted by Gasteiger charge is -2.43. The SMILES string of the molecule is NCC1(c2cc(Br)cc3c2CCC3)CCC1. The average molecular weight is 280 g/mol. The maximum absolute atomic E-state index is 6.03. The van der Waals surface area contributed by atoms with Crippen molar-refractivity contribution in [2.75, 3.05) is 6.54 Å². The van der Waals surface area contributed by atoms with E-state index in [1.165, 1.54) is 43.0 Å². The molecule has 0 aliphatic heterocycles. The van der Waals surface area contributed by atoms with Crippen molar-refractivity contribution in [1.29, 1.82) is 0 Å². The Morgan fingerprint density at radius 2 is 2.00 bits per heavy atom. The van der Waals surface area contributed by atoms with Gasteiger partial charge in [0.2, 0.25) is 0 Å². The molecule has 2 heteroatoms. The highest BCUT2D eigenvalue weighted by molar-refractivity contribution is 9.10. The molecule has 2 N–H and O–H groups in total. The molecule has 0 spiro atoms. The molecule has 16 heavy (non-hydrogen) atoms. The molecule has 0 radical (unpaired) electrons. The number of nitrogens with two attached hydrogens (primary N) is 1. The van der Waals surface area contributed by atoms with Gasteiger partial charge in [-0.1, -0.05) is 22.4 Å². The highest BCUT2D eigenvalue weighted by atomic mass is 79.9. The third kappa shape index (κ3) is 1.46. The molecule has 0 atom stereocenters. The van der Waals surface area contributed by atoms with Gasteiger partial charge in [0.25, 0.3) is 0 Å². The van der Waals surface area contributed by atoms with Crippen LogP contribution in [0.5, 0.6) is 0 Å². The minimum atomic E-state index is 0.318. The molecular weight excluding hydrogens is 262 g/mol. The summed E-state index contributed by atoms with van der Waals surface area (Å²) in [5.74, 6) is 0. The second kappa shape index (κ2) is 3.85. The van der Waals surface area contributed by atoms with Gasteiger partial charge in [0.15, 0.2) is 0 Å². The van der Waals surface area contributed by atoms with Crippen LogP contribution < -0.4 is 5.73 Å². The van der Waals surface area contributed by atoms with E-state index in [2.05, 4.69) is 28.1 Å². The number of halogens is 1. The summed E-state index contributed by atoms with van der Waals surface area (Å²) < 4.78 is 1.24. The van der Waals surface area contributed by atoms with Crippen LogP contribution in [0, 0.1) is 0 Å². The van der Waals surface area contributed by atoms with Gasteiger partial charge in [-0.2, -0.15) is 0 Å². The van der Waals surface area contributed by atoms with Gasteiger partial charge in [-0.25, -0.2) is 0 Å². The summed E-state index contributed by atoms with van der Waals surface area (Å²) in [5, 5.41) is 0. The van der Waals surface area contributed by atoms with Crippen molar-refractivity contribution in [3.63, 3.8) is 0 Å². The Hall–Kier alpha value is -0.340. The molecule has 1 aromatic carbocycles. The lowest BCUT2D eigenvalue weighted by Crippen LogP contribution is -2.42.